The third-order valence-corrected chi connectivity index (χ3v) is 7.35. The van der Waals surface area contributed by atoms with Crippen molar-refractivity contribution < 1.29 is 29.0 Å². The number of likely N-dealkylation sites (N-methyl/N-ethyl adjacent to an activating group) is 2. The van der Waals surface area contributed by atoms with Crippen molar-refractivity contribution in [3.05, 3.63) is 86.2 Å². The van der Waals surface area contributed by atoms with E-state index in [-0.39, 0.29) is 18.8 Å². The summed E-state index contributed by atoms with van der Waals surface area (Å²) in [7, 11) is 5.53. The number of aromatic nitrogens is 3. The molecule has 2 aliphatic heterocycles. The van der Waals surface area contributed by atoms with Gasteiger partial charge in [-0.25, -0.2) is 28.3 Å². The number of rotatable bonds is 6. The minimum atomic E-state index is -0.797. The van der Waals surface area contributed by atoms with Crippen LogP contribution in [-0.2, 0) is 11.3 Å². The molecule has 0 spiro atoms. The van der Waals surface area contributed by atoms with E-state index in [0.29, 0.717) is 41.4 Å². The topological polar surface area (TPSA) is 145 Å². The molecule has 2 aromatic carbocycles. The number of carbonyl (C=O) groups is 3. The maximum Gasteiger partial charge on any atom is 0.415 e. The van der Waals surface area contributed by atoms with Gasteiger partial charge in [-0.1, -0.05) is 6.08 Å². The Morgan fingerprint density at radius 1 is 1.07 bits per heavy atom. The fraction of sp³-hybridized carbons (Fsp3) is 0.367. The molecule has 13 heteroatoms. The summed E-state index contributed by atoms with van der Waals surface area (Å²) >= 11 is 0. The largest absolute Gasteiger partial charge is 0.483 e. The second-order valence-corrected chi connectivity index (χ2v) is 11.0. The molecule has 1 unspecified atom stereocenters. The smallest absolute Gasteiger partial charge is 0.415 e. The first-order valence-electron chi connectivity index (χ1n) is 13.6. The molecule has 5 rings (SSSR count). The first kappa shape index (κ1) is 31.0. The quantitative estimate of drug-likeness (QED) is 0.259. The van der Waals surface area contributed by atoms with Crippen molar-refractivity contribution >= 4 is 18.3 Å². The molecular formula is C30H35N5O8. The predicted octanol–water partition coefficient (Wildman–Crippen LogP) is 2.40. The highest BCUT2D eigenvalue weighted by Gasteiger charge is 2.44. The summed E-state index contributed by atoms with van der Waals surface area (Å²) in [6.07, 6.45) is 1.43. The van der Waals surface area contributed by atoms with Crippen molar-refractivity contribution in [1.29, 1.82) is 0 Å². The van der Waals surface area contributed by atoms with Crippen molar-refractivity contribution in [2.24, 2.45) is 0 Å². The zero-order valence-corrected chi connectivity index (χ0v) is 24.9. The first-order chi connectivity index (χ1) is 20.3. The van der Waals surface area contributed by atoms with E-state index in [1.807, 2.05) is 38.9 Å². The van der Waals surface area contributed by atoms with Gasteiger partial charge in [-0.2, -0.15) is 0 Å². The second-order valence-electron chi connectivity index (χ2n) is 11.0. The van der Waals surface area contributed by atoms with E-state index < -0.39 is 29.1 Å². The van der Waals surface area contributed by atoms with Crippen LogP contribution in [0.2, 0.25) is 0 Å². The van der Waals surface area contributed by atoms with Gasteiger partial charge in [0.2, 0.25) is 0 Å². The summed E-state index contributed by atoms with van der Waals surface area (Å²) in [5.74, 6) is 0.666. The molecule has 1 N–H and O–H groups in total. The molecule has 3 aromatic rings. The number of hydrogen-bond donors (Lipinski definition) is 1. The van der Waals surface area contributed by atoms with Crippen molar-refractivity contribution in [3.8, 4) is 17.2 Å². The van der Waals surface area contributed by atoms with E-state index in [4.69, 9.17) is 19.4 Å². The second kappa shape index (κ2) is 12.1. The Morgan fingerprint density at radius 2 is 1.72 bits per heavy atom. The van der Waals surface area contributed by atoms with Crippen LogP contribution in [0.3, 0.4) is 0 Å². The Labute approximate surface area is 247 Å². The molecule has 228 valence electrons. The summed E-state index contributed by atoms with van der Waals surface area (Å²) in [5.41, 5.74) is 0.610. The molecule has 0 fully saturated rings. The van der Waals surface area contributed by atoms with Crippen LogP contribution >= 0.6 is 0 Å². The van der Waals surface area contributed by atoms with Gasteiger partial charge in [-0.3, -0.25) is 9.59 Å². The average Bonchev–Trinajstić information content (AvgIpc) is 3.21. The lowest BCUT2D eigenvalue weighted by Crippen LogP contribution is -2.46. The third-order valence-electron chi connectivity index (χ3n) is 7.35. The van der Waals surface area contributed by atoms with Gasteiger partial charge in [-0.15, -0.1) is 0 Å². The van der Waals surface area contributed by atoms with Crippen LogP contribution < -0.4 is 20.9 Å². The molecule has 0 radical (unpaired) electrons. The van der Waals surface area contributed by atoms with Crippen molar-refractivity contribution in [3.63, 3.8) is 0 Å². The van der Waals surface area contributed by atoms with Crippen molar-refractivity contribution in [2.75, 3.05) is 34.2 Å². The van der Waals surface area contributed by atoms with E-state index in [1.165, 1.54) is 21.2 Å². The highest BCUT2D eigenvalue weighted by Crippen LogP contribution is 2.47. The predicted molar refractivity (Wildman–Crippen MR) is 158 cm³/mol. The van der Waals surface area contributed by atoms with Crippen LogP contribution in [0, 0.1) is 0 Å². The van der Waals surface area contributed by atoms with E-state index in [2.05, 4.69) is 0 Å². The molecule has 0 aliphatic carbocycles. The number of benzene rings is 2. The Morgan fingerprint density at radius 3 is 2.33 bits per heavy atom. The highest BCUT2D eigenvalue weighted by atomic mass is 16.6. The molecule has 13 nitrogen and oxygen atoms in total. The van der Waals surface area contributed by atoms with Gasteiger partial charge in [-0.05, 0) is 76.8 Å². The fourth-order valence-corrected chi connectivity index (χ4v) is 5.13. The molecule has 0 saturated heterocycles. The number of carboxylic acid groups (broad SMARTS) is 1. The number of amides is 1. The zero-order valence-electron chi connectivity index (χ0n) is 24.9. The molecule has 1 aromatic heterocycles. The maximum absolute atomic E-state index is 13.8. The lowest BCUT2D eigenvalue weighted by atomic mass is 9.83. The number of hydrogen-bond acceptors (Lipinski definition) is 8. The standard InChI is InChI=1S/C29H33N5O6.CH2O2/c1-18(35)19-7-9-20(10-8-19)33-26(36)32-14-13-23-25(34(32)27(33)37)22-12-11-21(17-24(22)40-29(23,2)3)39-28(38)31(6)16-15-30(4)5;2-1-3/h7-13,17,25H,14-16H2,1-6H3;1H,(H,2,3). The SMILES string of the molecule is CC(=O)c1ccc(-n2c(=O)n3n(c2=O)C2C(=CC3)C(C)(C)Oc3cc(OC(=O)N(C)CCN(C)C)ccc32)cc1.O=CO. The lowest BCUT2D eigenvalue weighted by Gasteiger charge is -2.42. The molecular weight excluding hydrogens is 558 g/mol. The summed E-state index contributed by atoms with van der Waals surface area (Å²) in [6.45, 7) is 6.42. The molecule has 1 atom stereocenters. The number of allylic oxidation sites excluding steroid dienone is 1. The van der Waals surface area contributed by atoms with Crippen LogP contribution in [0.1, 0.15) is 42.7 Å². The monoisotopic (exact) mass is 593 g/mol. The van der Waals surface area contributed by atoms with Crippen molar-refractivity contribution in [1.82, 2.24) is 23.7 Å². The first-order valence-corrected chi connectivity index (χ1v) is 13.6. The molecule has 43 heavy (non-hydrogen) atoms. The molecule has 1 amide bonds. The van der Waals surface area contributed by atoms with Crippen LogP contribution in [0.5, 0.6) is 11.5 Å². The van der Waals surface area contributed by atoms with Gasteiger partial charge in [0.15, 0.2) is 5.78 Å². The van der Waals surface area contributed by atoms with E-state index in [1.54, 1.807) is 49.5 Å². The van der Waals surface area contributed by atoms with Crippen LogP contribution in [-0.4, -0.2) is 87.0 Å². The number of ether oxygens (including phenoxy) is 2. The number of Topliss-reactive ketones (excluding diaryl/α,β-unsaturated/α-hetero) is 1. The Balaban J connectivity index is 0.00000135. The van der Waals surface area contributed by atoms with Gasteiger partial charge in [0.05, 0.1) is 12.2 Å². The molecule has 3 heterocycles. The Bertz CT molecular complexity index is 1690. The van der Waals surface area contributed by atoms with Gasteiger partial charge in [0, 0.05) is 37.3 Å². The van der Waals surface area contributed by atoms with Crippen LogP contribution in [0.15, 0.2) is 63.7 Å². The maximum atomic E-state index is 13.8. The number of ketones is 1. The molecule has 0 saturated carbocycles. The molecule has 0 bridgehead atoms. The average molecular weight is 594 g/mol. The summed E-state index contributed by atoms with van der Waals surface area (Å²) in [4.78, 5) is 63.4. The summed E-state index contributed by atoms with van der Waals surface area (Å²) in [6, 6.07) is 10.9. The number of carbonyl (C=O) groups excluding carboxylic acids is 2. The van der Waals surface area contributed by atoms with Gasteiger partial charge < -0.3 is 24.4 Å². The number of nitrogens with zero attached hydrogens (tertiary/aromatic N) is 5. The van der Waals surface area contributed by atoms with Crippen LogP contribution in [0.25, 0.3) is 5.69 Å². The van der Waals surface area contributed by atoms with E-state index in [9.17, 15) is 19.2 Å². The van der Waals surface area contributed by atoms with E-state index in [0.717, 1.165) is 10.1 Å². The van der Waals surface area contributed by atoms with Gasteiger partial charge in [0.1, 0.15) is 23.1 Å². The normalized spacial score (nSPS) is 15.9. The lowest BCUT2D eigenvalue weighted by molar-refractivity contribution is -0.122. The number of fused-ring (bicyclic) bond motifs is 5. The Kier molecular flexibility index (Phi) is 8.76. The minimum Gasteiger partial charge on any atom is -0.483 e. The van der Waals surface area contributed by atoms with Gasteiger partial charge in [0.25, 0.3) is 6.47 Å². The minimum absolute atomic E-state index is 0.105. The molecule has 2 aliphatic rings. The van der Waals surface area contributed by atoms with Crippen molar-refractivity contribution in [2.45, 2.75) is 39.0 Å². The zero-order chi connectivity index (χ0) is 31.6. The summed E-state index contributed by atoms with van der Waals surface area (Å²) < 4.78 is 15.9. The third kappa shape index (κ3) is 6.02. The van der Waals surface area contributed by atoms with Crippen LogP contribution in [0.4, 0.5) is 4.79 Å². The summed E-state index contributed by atoms with van der Waals surface area (Å²) in [5, 5.41) is 6.89. The van der Waals surface area contributed by atoms with Gasteiger partial charge >= 0.3 is 17.5 Å². The Hall–Kier alpha value is -4.91. The highest BCUT2D eigenvalue weighted by molar-refractivity contribution is 5.94. The van der Waals surface area contributed by atoms with E-state index >= 15 is 0 Å². The fourth-order valence-electron chi connectivity index (χ4n) is 5.13.